The van der Waals surface area contributed by atoms with E-state index in [1.807, 2.05) is 0 Å². The van der Waals surface area contributed by atoms with Crippen molar-refractivity contribution >= 4 is 22.5 Å². The van der Waals surface area contributed by atoms with Gasteiger partial charge in [0, 0.05) is 11.9 Å². The monoisotopic (exact) mass is 267 g/mol. The summed E-state index contributed by atoms with van der Waals surface area (Å²) in [6.45, 7) is 0.309. The number of hydrogen-bond donors (Lipinski definition) is 3. The van der Waals surface area contributed by atoms with Crippen LogP contribution in [-0.4, -0.2) is 39.9 Å². The van der Waals surface area contributed by atoms with E-state index in [2.05, 4.69) is 15.3 Å². The van der Waals surface area contributed by atoms with E-state index in [4.69, 9.17) is 11.6 Å². The molecule has 0 radical (unpaired) electrons. The van der Waals surface area contributed by atoms with Gasteiger partial charge >= 0.3 is 0 Å². The average Bonchev–Trinajstić information content (AvgIpc) is 2.38. The summed E-state index contributed by atoms with van der Waals surface area (Å²) in [5.74, 6) is 0. The van der Waals surface area contributed by atoms with E-state index in [1.54, 1.807) is 25.2 Å². The minimum Gasteiger partial charge on any atom is -0.389 e. The largest absolute Gasteiger partial charge is 0.389 e. The molecule has 0 amide bonds. The summed E-state index contributed by atoms with van der Waals surface area (Å²) in [4.78, 5) is 7.97. The number of fused-ring (bicyclic) bond motifs is 1. The maximum atomic E-state index is 9.98. The molecule has 96 valence electrons. The molecule has 2 atom stereocenters. The molecular formula is C12H14ClN3O2. The fourth-order valence-electron chi connectivity index (χ4n) is 1.77. The molecule has 0 fully saturated rings. The number of halogens is 1. The Kier molecular flexibility index (Phi) is 4.08. The number of hydrogen-bond acceptors (Lipinski definition) is 5. The molecule has 5 nitrogen and oxygen atoms in total. The van der Waals surface area contributed by atoms with Gasteiger partial charge in [0.15, 0.2) is 0 Å². The Balaban J connectivity index is 2.35. The third-order valence-corrected chi connectivity index (χ3v) is 3.03. The fraction of sp³-hybridized carbons (Fsp3) is 0.333. The predicted molar refractivity (Wildman–Crippen MR) is 69.4 cm³/mol. The summed E-state index contributed by atoms with van der Waals surface area (Å²) >= 11 is 5.93. The van der Waals surface area contributed by atoms with Crippen LogP contribution in [0.5, 0.6) is 0 Å². The normalized spacial score (nSPS) is 14.7. The number of nitrogens with zero attached hydrogens (tertiary/aromatic N) is 2. The highest BCUT2D eigenvalue weighted by molar-refractivity contribution is 6.34. The molecule has 0 spiro atoms. The van der Waals surface area contributed by atoms with Crippen LogP contribution in [0.4, 0.5) is 0 Å². The Morgan fingerprint density at radius 2 is 2.11 bits per heavy atom. The lowest BCUT2D eigenvalue weighted by Gasteiger charge is -2.18. The number of rotatable bonds is 4. The van der Waals surface area contributed by atoms with Gasteiger partial charge in [0.05, 0.1) is 11.6 Å². The molecule has 1 aromatic carbocycles. The highest BCUT2D eigenvalue weighted by Crippen LogP contribution is 2.24. The molecule has 1 aromatic heterocycles. The molecule has 1 heterocycles. The average molecular weight is 268 g/mol. The first-order chi connectivity index (χ1) is 8.63. The lowest BCUT2D eigenvalue weighted by molar-refractivity contribution is 0.0203. The summed E-state index contributed by atoms with van der Waals surface area (Å²) < 4.78 is 0. The van der Waals surface area contributed by atoms with Gasteiger partial charge in [-0.3, -0.25) is 0 Å². The SMILES string of the molecule is CNCC(O)C(O)c1ccc2c(Cl)ncnc2c1. The van der Waals surface area contributed by atoms with Crippen LogP contribution in [0.1, 0.15) is 11.7 Å². The Bertz CT molecular complexity index is 550. The van der Waals surface area contributed by atoms with E-state index < -0.39 is 12.2 Å². The number of nitrogens with one attached hydrogen (secondary N) is 1. The summed E-state index contributed by atoms with van der Waals surface area (Å²) in [5.41, 5.74) is 1.24. The fourth-order valence-corrected chi connectivity index (χ4v) is 1.97. The summed E-state index contributed by atoms with van der Waals surface area (Å²) in [7, 11) is 1.71. The molecule has 2 rings (SSSR count). The van der Waals surface area contributed by atoms with Gasteiger partial charge in [-0.15, -0.1) is 0 Å². The van der Waals surface area contributed by atoms with Crippen molar-refractivity contribution in [2.75, 3.05) is 13.6 Å². The summed E-state index contributed by atoms with van der Waals surface area (Å²) in [6, 6.07) is 5.15. The quantitative estimate of drug-likeness (QED) is 0.718. The summed E-state index contributed by atoms with van der Waals surface area (Å²) in [6.07, 6.45) is -0.467. The minimum absolute atomic E-state index is 0.309. The molecule has 0 aliphatic rings. The molecular weight excluding hydrogens is 254 g/mol. The Hall–Kier alpha value is -1.27. The lowest BCUT2D eigenvalue weighted by Crippen LogP contribution is -2.29. The first-order valence-corrected chi connectivity index (χ1v) is 5.92. The van der Waals surface area contributed by atoms with E-state index >= 15 is 0 Å². The molecule has 2 unspecified atom stereocenters. The number of aromatic nitrogens is 2. The zero-order chi connectivity index (χ0) is 13.1. The number of benzene rings is 1. The molecule has 0 aliphatic carbocycles. The van der Waals surface area contributed by atoms with Crippen LogP contribution < -0.4 is 5.32 Å². The standard InChI is InChI=1S/C12H14ClN3O2/c1-14-5-10(17)11(18)7-2-3-8-9(4-7)15-6-16-12(8)13/h2-4,6,10-11,14,17-18H,5H2,1H3. The van der Waals surface area contributed by atoms with Crippen molar-refractivity contribution in [3.8, 4) is 0 Å². The molecule has 2 aromatic rings. The summed E-state index contributed by atoms with van der Waals surface area (Å²) in [5, 5.41) is 23.6. The van der Waals surface area contributed by atoms with E-state index in [0.29, 0.717) is 22.8 Å². The van der Waals surface area contributed by atoms with Crippen molar-refractivity contribution in [2.45, 2.75) is 12.2 Å². The predicted octanol–water partition coefficient (Wildman–Crippen LogP) is 0.897. The minimum atomic E-state index is -0.962. The number of likely N-dealkylation sites (N-methyl/N-ethyl adjacent to an activating group) is 1. The maximum absolute atomic E-state index is 9.98. The topological polar surface area (TPSA) is 78.3 Å². The number of aliphatic hydroxyl groups excluding tert-OH is 2. The van der Waals surface area contributed by atoms with Crippen molar-refractivity contribution in [1.29, 1.82) is 0 Å². The zero-order valence-corrected chi connectivity index (χ0v) is 10.6. The van der Waals surface area contributed by atoms with Gasteiger partial charge < -0.3 is 15.5 Å². The second kappa shape index (κ2) is 5.58. The third-order valence-electron chi connectivity index (χ3n) is 2.73. The molecule has 0 bridgehead atoms. The zero-order valence-electron chi connectivity index (χ0n) is 9.84. The van der Waals surface area contributed by atoms with Gasteiger partial charge in [-0.2, -0.15) is 0 Å². The van der Waals surface area contributed by atoms with E-state index in [9.17, 15) is 10.2 Å². The first kappa shape index (κ1) is 13.2. The third kappa shape index (κ3) is 2.59. The molecule has 0 aliphatic heterocycles. The van der Waals surface area contributed by atoms with E-state index in [0.717, 1.165) is 5.39 Å². The van der Waals surface area contributed by atoms with Gasteiger partial charge in [0.25, 0.3) is 0 Å². The highest BCUT2D eigenvalue weighted by Gasteiger charge is 2.18. The van der Waals surface area contributed by atoms with E-state index in [-0.39, 0.29) is 0 Å². The Labute approximate surface area is 109 Å². The molecule has 0 saturated heterocycles. The van der Waals surface area contributed by atoms with Crippen molar-refractivity contribution < 1.29 is 10.2 Å². The smallest absolute Gasteiger partial charge is 0.140 e. The first-order valence-electron chi connectivity index (χ1n) is 5.54. The van der Waals surface area contributed by atoms with Crippen molar-refractivity contribution in [1.82, 2.24) is 15.3 Å². The van der Waals surface area contributed by atoms with Gasteiger partial charge in [-0.1, -0.05) is 17.7 Å². The van der Waals surface area contributed by atoms with Crippen molar-refractivity contribution in [3.05, 3.63) is 35.2 Å². The van der Waals surface area contributed by atoms with Crippen LogP contribution in [0.3, 0.4) is 0 Å². The van der Waals surface area contributed by atoms with Gasteiger partial charge in [-0.05, 0) is 24.7 Å². The molecule has 0 saturated carbocycles. The van der Waals surface area contributed by atoms with Crippen LogP contribution in [0.2, 0.25) is 5.15 Å². The van der Waals surface area contributed by atoms with Gasteiger partial charge in [0.1, 0.15) is 17.6 Å². The van der Waals surface area contributed by atoms with Crippen LogP contribution in [0.15, 0.2) is 24.5 Å². The van der Waals surface area contributed by atoms with Gasteiger partial charge in [0.2, 0.25) is 0 Å². The lowest BCUT2D eigenvalue weighted by atomic mass is 10.0. The number of aliphatic hydroxyl groups is 2. The molecule has 18 heavy (non-hydrogen) atoms. The maximum Gasteiger partial charge on any atom is 0.140 e. The van der Waals surface area contributed by atoms with Crippen LogP contribution in [0, 0.1) is 0 Å². The highest BCUT2D eigenvalue weighted by atomic mass is 35.5. The Morgan fingerprint density at radius 1 is 1.33 bits per heavy atom. The van der Waals surface area contributed by atoms with Crippen molar-refractivity contribution in [2.24, 2.45) is 0 Å². The van der Waals surface area contributed by atoms with E-state index in [1.165, 1.54) is 6.33 Å². The van der Waals surface area contributed by atoms with Crippen molar-refractivity contribution in [3.63, 3.8) is 0 Å². The van der Waals surface area contributed by atoms with Crippen LogP contribution in [-0.2, 0) is 0 Å². The van der Waals surface area contributed by atoms with Crippen LogP contribution in [0.25, 0.3) is 10.9 Å². The van der Waals surface area contributed by atoms with Crippen LogP contribution >= 0.6 is 11.6 Å². The molecule has 6 heteroatoms. The Morgan fingerprint density at radius 3 is 2.83 bits per heavy atom. The molecule has 3 N–H and O–H groups in total. The second-order valence-corrected chi connectivity index (χ2v) is 4.37. The van der Waals surface area contributed by atoms with Gasteiger partial charge in [-0.25, -0.2) is 9.97 Å². The second-order valence-electron chi connectivity index (χ2n) is 4.01.